The quantitative estimate of drug-likeness (QED) is 0.579. The standard InChI is InChI=1S/C23H28BNO6/c1-15-18(20(26)28-6)12-17(25-21(27)29-14-16-10-8-7-9-11-16)13-19(15)24-30-22(2,3)23(4,5)31-24/h7-13H,14H2,1-6H3,(H,25,27). The van der Waals surface area contributed by atoms with E-state index in [1.165, 1.54) is 7.11 Å². The first-order valence-corrected chi connectivity index (χ1v) is 10.1. The van der Waals surface area contributed by atoms with Crippen LogP contribution in [0.4, 0.5) is 10.5 Å². The number of ether oxygens (including phenoxy) is 2. The average Bonchev–Trinajstić information content (AvgIpc) is 2.94. The Morgan fingerprint density at radius 3 is 2.23 bits per heavy atom. The van der Waals surface area contributed by atoms with Gasteiger partial charge in [-0.05, 0) is 63.3 Å². The van der Waals surface area contributed by atoms with Crippen molar-refractivity contribution in [3.8, 4) is 0 Å². The van der Waals surface area contributed by atoms with E-state index < -0.39 is 30.4 Å². The third-order valence-electron chi connectivity index (χ3n) is 5.82. The van der Waals surface area contributed by atoms with Crippen molar-refractivity contribution in [3.05, 3.63) is 59.2 Å². The van der Waals surface area contributed by atoms with Crippen LogP contribution in [0.2, 0.25) is 0 Å². The van der Waals surface area contributed by atoms with Crippen molar-refractivity contribution >= 4 is 30.3 Å². The smallest absolute Gasteiger partial charge is 0.465 e. The molecule has 0 unspecified atom stereocenters. The molecule has 1 aliphatic heterocycles. The Kier molecular flexibility index (Phi) is 6.43. The van der Waals surface area contributed by atoms with Crippen molar-refractivity contribution in [2.24, 2.45) is 0 Å². The molecule has 2 aromatic carbocycles. The first-order chi connectivity index (χ1) is 14.5. The number of rotatable bonds is 5. The lowest BCUT2D eigenvalue weighted by atomic mass is 9.74. The molecule has 0 atom stereocenters. The fourth-order valence-electron chi connectivity index (χ4n) is 3.22. The predicted molar refractivity (Wildman–Crippen MR) is 118 cm³/mol. The maximum atomic E-state index is 12.4. The van der Waals surface area contributed by atoms with Gasteiger partial charge in [-0.2, -0.15) is 0 Å². The molecular weight excluding hydrogens is 397 g/mol. The molecule has 31 heavy (non-hydrogen) atoms. The summed E-state index contributed by atoms with van der Waals surface area (Å²) in [6.45, 7) is 9.73. The third-order valence-corrected chi connectivity index (χ3v) is 5.82. The van der Waals surface area contributed by atoms with Gasteiger partial charge in [-0.1, -0.05) is 30.3 Å². The lowest BCUT2D eigenvalue weighted by Crippen LogP contribution is -2.41. The molecule has 0 saturated carbocycles. The Balaban J connectivity index is 1.86. The van der Waals surface area contributed by atoms with Crippen LogP contribution in [0.15, 0.2) is 42.5 Å². The lowest BCUT2D eigenvalue weighted by Gasteiger charge is -2.32. The van der Waals surface area contributed by atoms with Gasteiger partial charge in [0, 0.05) is 5.69 Å². The molecule has 1 heterocycles. The number of anilines is 1. The molecule has 1 aliphatic rings. The Morgan fingerprint density at radius 1 is 1.03 bits per heavy atom. The van der Waals surface area contributed by atoms with Gasteiger partial charge in [0.1, 0.15) is 6.61 Å². The Hall–Kier alpha value is -2.84. The third kappa shape index (κ3) is 4.91. The molecule has 1 amide bonds. The van der Waals surface area contributed by atoms with Gasteiger partial charge in [0.25, 0.3) is 0 Å². The summed E-state index contributed by atoms with van der Waals surface area (Å²) in [7, 11) is 0.611. The van der Waals surface area contributed by atoms with Crippen LogP contribution in [0.5, 0.6) is 0 Å². The summed E-state index contributed by atoms with van der Waals surface area (Å²) in [4.78, 5) is 24.7. The molecule has 0 aromatic heterocycles. The second-order valence-electron chi connectivity index (χ2n) is 8.50. The van der Waals surface area contributed by atoms with Crippen molar-refractivity contribution in [1.29, 1.82) is 0 Å². The number of esters is 1. The zero-order valence-corrected chi connectivity index (χ0v) is 18.8. The van der Waals surface area contributed by atoms with Crippen molar-refractivity contribution in [3.63, 3.8) is 0 Å². The molecular formula is C23H28BNO6. The Bertz CT molecular complexity index is 958. The molecule has 7 nitrogen and oxygen atoms in total. The normalized spacial score (nSPS) is 16.6. The number of carbonyl (C=O) groups is 2. The van der Waals surface area contributed by atoms with E-state index in [1.807, 2.05) is 58.0 Å². The summed E-state index contributed by atoms with van der Waals surface area (Å²) in [5.41, 5.74) is 1.77. The van der Waals surface area contributed by atoms with Gasteiger partial charge in [0.2, 0.25) is 0 Å². The van der Waals surface area contributed by atoms with Gasteiger partial charge >= 0.3 is 19.2 Å². The fraction of sp³-hybridized carbons (Fsp3) is 0.391. The first kappa shape index (κ1) is 22.8. The number of methoxy groups -OCH3 is 1. The number of hydrogen-bond acceptors (Lipinski definition) is 6. The van der Waals surface area contributed by atoms with Crippen LogP contribution in [0.25, 0.3) is 0 Å². The summed E-state index contributed by atoms with van der Waals surface area (Å²) >= 11 is 0. The van der Waals surface area contributed by atoms with Gasteiger partial charge in [0.15, 0.2) is 0 Å². The summed E-state index contributed by atoms with van der Waals surface area (Å²) in [6, 6.07) is 12.6. The number of benzene rings is 2. The minimum atomic E-state index is -0.699. The Labute approximate surface area is 183 Å². The lowest BCUT2D eigenvalue weighted by molar-refractivity contribution is 0.00578. The number of hydrogen-bond donors (Lipinski definition) is 1. The summed E-state index contributed by atoms with van der Waals surface area (Å²) in [5, 5.41) is 2.68. The molecule has 0 spiro atoms. The van der Waals surface area contributed by atoms with E-state index in [0.717, 1.165) is 5.56 Å². The van der Waals surface area contributed by atoms with Gasteiger partial charge in [-0.15, -0.1) is 0 Å². The molecule has 8 heteroatoms. The van der Waals surface area contributed by atoms with Crippen LogP contribution in [-0.2, 0) is 25.4 Å². The second kappa shape index (κ2) is 8.73. The zero-order chi connectivity index (χ0) is 22.8. The minimum Gasteiger partial charge on any atom is -0.465 e. The van der Waals surface area contributed by atoms with E-state index in [4.69, 9.17) is 18.8 Å². The van der Waals surface area contributed by atoms with Crippen molar-refractivity contribution < 1.29 is 28.4 Å². The van der Waals surface area contributed by atoms with Crippen molar-refractivity contribution in [2.45, 2.75) is 52.4 Å². The van der Waals surface area contributed by atoms with Crippen molar-refractivity contribution in [1.82, 2.24) is 0 Å². The van der Waals surface area contributed by atoms with Crippen LogP contribution in [-0.4, -0.2) is 37.5 Å². The summed E-state index contributed by atoms with van der Waals surface area (Å²) in [6.07, 6.45) is -0.636. The van der Waals surface area contributed by atoms with E-state index in [-0.39, 0.29) is 6.61 Å². The molecule has 2 aromatic rings. The zero-order valence-electron chi connectivity index (χ0n) is 18.8. The SMILES string of the molecule is COC(=O)c1cc(NC(=O)OCc2ccccc2)cc(B2OC(C)(C)C(C)(C)O2)c1C. The second-order valence-corrected chi connectivity index (χ2v) is 8.50. The monoisotopic (exact) mass is 425 g/mol. The van der Waals surface area contributed by atoms with Crippen LogP contribution in [0, 0.1) is 6.92 Å². The fourth-order valence-corrected chi connectivity index (χ4v) is 3.22. The summed E-state index contributed by atoms with van der Waals surface area (Å²) in [5.74, 6) is -0.517. The summed E-state index contributed by atoms with van der Waals surface area (Å²) < 4.78 is 22.5. The van der Waals surface area contributed by atoms with Crippen LogP contribution < -0.4 is 10.8 Å². The molecule has 0 bridgehead atoms. The number of amides is 1. The molecule has 3 rings (SSSR count). The predicted octanol–water partition coefficient (Wildman–Crippen LogP) is 3.83. The van der Waals surface area contributed by atoms with Crippen LogP contribution >= 0.6 is 0 Å². The van der Waals surface area contributed by atoms with E-state index in [2.05, 4.69) is 5.32 Å². The van der Waals surface area contributed by atoms with E-state index in [9.17, 15) is 9.59 Å². The maximum Gasteiger partial charge on any atom is 0.495 e. The highest BCUT2D eigenvalue weighted by atomic mass is 16.7. The van der Waals surface area contributed by atoms with Gasteiger partial charge in [-0.3, -0.25) is 5.32 Å². The van der Waals surface area contributed by atoms with E-state index >= 15 is 0 Å². The van der Waals surface area contributed by atoms with Crippen LogP contribution in [0.3, 0.4) is 0 Å². The van der Waals surface area contributed by atoms with Gasteiger partial charge in [-0.25, -0.2) is 9.59 Å². The molecule has 0 aliphatic carbocycles. The average molecular weight is 425 g/mol. The maximum absolute atomic E-state index is 12.4. The highest BCUT2D eigenvalue weighted by Gasteiger charge is 2.52. The molecule has 0 radical (unpaired) electrons. The number of carbonyl (C=O) groups excluding carboxylic acids is 2. The molecule has 1 saturated heterocycles. The Morgan fingerprint density at radius 2 is 1.65 bits per heavy atom. The van der Waals surface area contributed by atoms with Gasteiger partial charge in [0.05, 0.1) is 23.9 Å². The van der Waals surface area contributed by atoms with E-state index in [1.54, 1.807) is 19.1 Å². The highest BCUT2D eigenvalue weighted by molar-refractivity contribution is 6.63. The first-order valence-electron chi connectivity index (χ1n) is 10.1. The molecule has 164 valence electrons. The van der Waals surface area contributed by atoms with E-state index in [0.29, 0.717) is 22.3 Å². The molecule has 1 fully saturated rings. The minimum absolute atomic E-state index is 0.131. The van der Waals surface area contributed by atoms with Gasteiger partial charge < -0.3 is 18.8 Å². The number of nitrogens with one attached hydrogen (secondary N) is 1. The molecule has 1 N–H and O–H groups in total. The largest absolute Gasteiger partial charge is 0.495 e. The topological polar surface area (TPSA) is 83.1 Å². The van der Waals surface area contributed by atoms with Crippen LogP contribution in [0.1, 0.15) is 49.2 Å². The van der Waals surface area contributed by atoms with Crippen molar-refractivity contribution in [2.75, 3.05) is 12.4 Å². The highest BCUT2D eigenvalue weighted by Crippen LogP contribution is 2.37.